The lowest BCUT2D eigenvalue weighted by atomic mass is 10.1. The Morgan fingerprint density at radius 3 is 2.53 bits per heavy atom. The van der Waals surface area contributed by atoms with E-state index in [9.17, 15) is 34.9 Å². The third-order valence-corrected chi connectivity index (χ3v) is 5.03. The molecule has 0 unspecified atom stereocenters. The second-order valence-electron chi connectivity index (χ2n) is 6.04. The molecule has 1 aliphatic rings. The molecule has 0 bridgehead atoms. The Bertz CT molecular complexity index is 1110. The normalized spacial score (nSPS) is 15.0. The fourth-order valence-corrected chi connectivity index (χ4v) is 3.57. The van der Waals surface area contributed by atoms with E-state index in [1.54, 1.807) is 6.07 Å². The second kappa shape index (κ2) is 8.21. The number of hydrogen-bond donors (Lipinski definition) is 1. The van der Waals surface area contributed by atoms with Crippen molar-refractivity contribution in [1.82, 2.24) is 4.90 Å². The Morgan fingerprint density at radius 1 is 1.17 bits per heavy atom. The first-order valence-corrected chi connectivity index (χ1v) is 9.07. The molecule has 2 amide bonds. The van der Waals surface area contributed by atoms with Crippen LogP contribution in [0, 0.1) is 20.2 Å². The van der Waals surface area contributed by atoms with E-state index in [0.29, 0.717) is 17.3 Å². The maximum atomic E-state index is 12.7. The number of nitro benzene ring substituents is 2. The third-order valence-electron chi connectivity index (χ3n) is 4.13. The minimum atomic E-state index is -0.802. The van der Waals surface area contributed by atoms with Crippen molar-refractivity contribution < 1.29 is 29.3 Å². The largest absolute Gasteiger partial charge is 0.500 e. The summed E-state index contributed by atoms with van der Waals surface area (Å²) >= 11 is 0.630. The second-order valence-corrected chi connectivity index (χ2v) is 7.04. The Labute approximate surface area is 172 Å². The molecule has 0 aromatic heterocycles. The molecule has 30 heavy (non-hydrogen) atoms. The molecule has 11 nitrogen and oxygen atoms in total. The summed E-state index contributed by atoms with van der Waals surface area (Å²) in [6.45, 7) is -0.164. The molecule has 0 spiro atoms. The number of nitro groups is 2. The summed E-state index contributed by atoms with van der Waals surface area (Å²) in [5.41, 5.74) is -0.207. The SMILES string of the molecule is COc1cc(/C=C2/SC(=O)N(Cc3cccc([N+](=O)[O-])c3)C2=O)cc([N+](=O)[O-])c1O. The third kappa shape index (κ3) is 4.07. The van der Waals surface area contributed by atoms with Crippen LogP contribution in [0.5, 0.6) is 11.5 Å². The van der Waals surface area contributed by atoms with Gasteiger partial charge in [-0.3, -0.25) is 34.7 Å². The molecule has 1 fully saturated rings. The van der Waals surface area contributed by atoms with E-state index >= 15 is 0 Å². The zero-order chi connectivity index (χ0) is 22.0. The summed E-state index contributed by atoms with van der Waals surface area (Å²) in [6, 6.07) is 7.89. The van der Waals surface area contributed by atoms with Crippen LogP contribution in [0.3, 0.4) is 0 Å². The molecule has 0 saturated carbocycles. The zero-order valence-corrected chi connectivity index (χ0v) is 16.1. The topological polar surface area (TPSA) is 153 Å². The number of hydrogen-bond acceptors (Lipinski definition) is 9. The molecule has 154 valence electrons. The lowest BCUT2D eigenvalue weighted by Gasteiger charge is -2.12. The highest BCUT2D eigenvalue weighted by molar-refractivity contribution is 8.18. The molecule has 0 radical (unpaired) electrons. The smallest absolute Gasteiger partial charge is 0.315 e. The highest BCUT2D eigenvalue weighted by Crippen LogP contribution is 2.39. The number of benzene rings is 2. The Kier molecular flexibility index (Phi) is 5.69. The van der Waals surface area contributed by atoms with E-state index in [1.807, 2.05) is 0 Å². The first-order valence-electron chi connectivity index (χ1n) is 8.25. The first kappa shape index (κ1) is 20.8. The number of ether oxygens (including phenoxy) is 1. The van der Waals surface area contributed by atoms with Crippen LogP contribution < -0.4 is 4.74 Å². The lowest BCUT2D eigenvalue weighted by Crippen LogP contribution is -2.27. The molecular formula is C18H13N3O8S. The van der Waals surface area contributed by atoms with E-state index in [4.69, 9.17) is 4.74 Å². The van der Waals surface area contributed by atoms with Gasteiger partial charge in [0.15, 0.2) is 5.75 Å². The zero-order valence-electron chi connectivity index (χ0n) is 15.3. The van der Waals surface area contributed by atoms with Crippen molar-refractivity contribution in [3.05, 3.63) is 72.7 Å². The molecular weight excluding hydrogens is 418 g/mol. The Hall–Kier alpha value is -3.93. The van der Waals surface area contributed by atoms with Gasteiger partial charge in [-0.15, -0.1) is 0 Å². The molecule has 3 rings (SSSR count). The number of imide groups is 1. The standard InChI is InChI=1S/C18H13N3O8S/c1-29-14-7-11(6-13(16(14)22)21(27)28)8-15-17(23)19(18(24)30-15)9-10-3-2-4-12(5-10)20(25)26/h2-8,22H,9H2,1H3/b15-8+. The molecule has 2 aromatic carbocycles. The van der Waals surface area contributed by atoms with Crippen LogP contribution in [-0.2, 0) is 11.3 Å². The van der Waals surface area contributed by atoms with Crippen LogP contribution in [0.2, 0.25) is 0 Å². The van der Waals surface area contributed by atoms with E-state index in [-0.39, 0.29) is 28.5 Å². The van der Waals surface area contributed by atoms with Gasteiger partial charge in [-0.2, -0.15) is 0 Å². The van der Waals surface area contributed by atoms with Crippen LogP contribution in [0.15, 0.2) is 41.3 Å². The molecule has 1 saturated heterocycles. The van der Waals surface area contributed by atoms with E-state index in [0.717, 1.165) is 11.0 Å². The molecule has 12 heteroatoms. The number of non-ortho nitro benzene ring substituents is 1. The van der Waals surface area contributed by atoms with Gasteiger partial charge in [0.1, 0.15) is 0 Å². The monoisotopic (exact) mass is 431 g/mol. The summed E-state index contributed by atoms with van der Waals surface area (Å²) in [6.07, 6.45) is 1.27. The van der Waals surface area contributed by atoms with E-state index in [2.05, 4.69) is 0 Å². The van der Waals surface area contributed by atoms with Gasteiger partial charge in [0.25, 0.3) is 16.8 Å². The predicted octanol–water partition coefficient (Wildman–Crippen LogP) is 3.45. The van der Waals surface area contributed by atoms with Gasteiger partial charge in [-0.1, -0.05) is 12.1 Å². The van der Waals surface area contributed by atoms with Crippen LogP contribution in [0.4, 0.5) is 16.2 Å². The molecule has 2 aromatic rings. The van der Waals surface area contributed by atoms with Crippen molar-refractivity contribution in [3.63, 3.8) is 0 Å². The highest BCUT2D eigenvalue weighted by atomic mass is 32.2. The molecule has 1 N–H and O–H groups in total. The lowest BCUT2D eigenvalue weighted by molar-refractivity contribution is -0.386. The molecule has 1 aliphatic heterocycles. The van der Waals surface area contributed by atoms with Crippen LogP contribution >= 0.6 is 11.8 Å². The first-order chi connectivity index (χ1) is 14.2. The number of phenolic OH excluding ortho intramolecular Hbond substituents is 1. The van der Waals surface area contributed by atoms with Crippen LogP contribution in [0.1, 0.15) is 11.1 Å². The number of phenols is 1. The van der Waals surface area contributed by atoms with Crippen molar-refractivity contribution in [2.24, 2.45) is 0 Å². The number of rotatable bonds is 6. The van der Waals surface area contributed by atoms with Gasteiger partial charge in [-0.05, 0) is 35.0 Å². The number of nitrogens with zero attached hydrogens (tertiary/aromatic N) is 3. The number of methoxy groups -OCH3 is 1. The van der Waals surface area contributed by atoms with E-state index < -0.39 is 32.4 Å². The van der Waals surface area contributed by atoms with Crippen molar-refractivity contribution in [2.75, 3.05) is 7.11 Å². The number of thioether (sulfide) groups is 1. The minimum absolute atomic E-state index is 0.00692. The summed E-state index contributed by atoms with van der Waals surface area (Å²) in [5, 5.41) is 31.3. The average molecular weight is 431 g/mol. The van der Waals surface area contributed by atoms with Gasteiger partial charge >= 0.3 is 5.69 Å². The molecule has 0 aliphatic carbocycles. The summed E-state index contributed by atoms with van der Waals surface area (Å²) < 4.78 is 4.91. The fraction of sp³-hybridized carbons (Fsp3) is 0.111. The predicted molar refractivity (Wildman–Crippen MR) is 106 cm³/mol. The minimum Gasteiger partial charge on any atom is -0.500 e. The van der Waals surface area contributed by atoms with Crippen molar-refractivity contribution in [2.45, 2.75) is 6.54 Å². The fourth-order valence-electron chi connectivity index (χ4n) is 2.73. The Balaban J connectivity index is 1.90. The number of amides is 2. The molecule has 0 atom stereocenters. The van der Waals surface area contributed by atoms with Gasteiger partial charge in [0.05, 0.1) is 28.4 Å². The van der Waals surface area contributed by atoms with Gasteiger partial charge < -0.3 is 9.84 Å². The van der Waals surface area contributed by atoms with Gasteiger partial charge in [-0.25, -0.2) is 0 Å². The van der Waals surface area contributed by atoms with Crippen molar-refractivity contribution in [1.29, 1.82) is 0 Å². The summed E-state index contributed by atoms with van der Waals surface area (Å²) in [4.78, 5) is 46.5. The maximum absolute atomic E-state index is 12.7. The van der Waals surface area contributed by atoms with E-state index in [1.165, 1.54) is 37.5 Å². The highest BCUT2D eigenvalue weighted by Gasteiger charge is 2.35. The van der Waals surface area contributed by atoms with Crippen molar-refractivity contribution in [3.8, 4) is 11.5 Å². The maximum Gasteiger partial charge on any atom is 0.315 e. The van der Waals surface area contributed by atoms with Crippen LogP contribution in [0.25, 0.3) is 6.08 Å². The Morgan fingerprint density at radius 2 is 1.90 bits per heavy atom. The van der Waals surface area contributed by atoms with Crippen molar-refractivity contribution >= 4 is 40.4 Å². The number of carbonyl (C=O) groups is 2. The van der Waals surface area contributed by atoms with Gasteiger partial charge in [0.2, 0.25) is 5.75 Å². The number of aromatic hydroxyl groups is 1. The van der Waals surface area contributed by atoms with Gasteiger partial charge in [0, 0.05) is 18.2 Å². The summed E-state index contributed by atoms with van der Waals surface area (Å²) in [5.74, 6) is -1.46. The average Bonchev–Trinajstić information content (AvgIpc) is 2.96. The van der Waals surface area contributed by atoms with Crippen LogP contribution in [-0.4, -0.2) is 38.1 Å². The quantitative estimate of drug-likeness (QED) is 0.411. The summed E-state index contributed by atoms with van der Waals surface area (Å²) in [7, 11) is 1.22. The molecule has 1 heterocycles. The number of carbonyl (C=O) groups excluding carboxylic acids is 2.